The summed E-state index contributed by atoms with van der Waals surface area (Å²) >= 11 is 0. The van der Waals surface area contributed by atoms with Crippen molar-refractivity contribution in [3.05, 3.63) is 16.7 Å². The van der Waals surface area contributed by atoms with E-state index in [1.807, 2.05) is 0 Å². The number of hydrogen-bond donors (Lipinski definition) is 3. The summed E-state index contributed by atoms with van der Waals surface area (Å²) in [5.41, 5.74) is 5.62. The SMILES string of the molecule is Nc1nc2c(ncn2CCC(CO)C[19F])c(=O)[nH]1. The van der Waals surface area contributed by atoms with Gasteiger partial charge in [-0.3, -0.25) is 14.2 Å². The molecule has 1 unspecified atom stereocenters. The van der Waals surface area contributed by atoms with Gasteiger partial charge in [0.15, 0.2) is 11.2 Å². The fraction of sp³-hybridized carbons (Fsp3) is 0.500. The minimum atomic E-state index is -0.584. The molecule has 2 heterocycles. The van der Waals surface area contributed by atoms with Crippen LogP contribution in [0, 0.1) is 5.92 Å². The summed E-state index contributed by atoms with van der Waals surface area (Å²) in [4.78, 5) is 21.8. The second-order valence-corrected chi connectivity index (χ2v) is 4.05. The number of aromatic amines is 1. The Kier molecular flexibility index (Phi) is 3.56. The maximum atomic E-state index is 12.5. The Morgan fingerprint density at radius 2 is 2.39 bits per heavy atom. The van der Waals surface area contributed by atoms with Crippen LogP contribution in [0.2, 0.25) is 0 Å². The topological polar surface area (TPSA) is 110 Å². The Bertz CT molecular complexity index is 589. The van der Waals surface area contributed by atoms with Crippen molar-refractivity contribution in [2.24, 2.45) is 5.92 Å². The van der Waals surface area contributed by atoms with Crippen LogP contribution < -0.4 is 11.3 Å². The molecule has 0 aliphatic carbocycles. The van der Waals surface area contributed by atoms with Gasteiger partial charge < -0.3 is 15.4 Å². The smallest absolute Gasteiger partial charge is 0.280 e. The molecule has 0 aliphatic heterocycles. The molecule has 1 atom stereocenters. The van der Waals surface area contributed by atoms with E-state index in [-0.39, 0.29) is 18.1 Å². The quantitative estimate of drug-likeness (QED) is 0.677. The van der Waals surface area contributed by atoms with Crippen LogP contribution in [0.5, 0.6) is 0 Å². The van der Waals surface area contributed by atoms with Crippen LogP contribution >= 0.6 is 0 Å². The predicted octanol–water partition coefficient (Wildman–Crippen LogP) is -0.330. The maximum Gasteiger partial charge on any atom is 0.280 e. The first-order valence-corrected chi connectivity index (χ1v) is 5.53. The summed E-state index contributed by atoms with van der Waals surface area (Å²) in [5, 5.41) is 8.90. The molecule has 2 rings (SSSR count). The van der Waals surface area contributed by atoms with Crippen LogP contribution in [-0.2, 0) is 6.54 Å². The summed E-state index contributed by atoms with van der Waals surface area (Å²) in [6.07, 6.45) is 1.89. The van der Waals surface area contributed by atoms with E-state index < -0.39 is 18.2 Å². The van der Waals surface area contributed by atoms with Gasteiger partial charge in [-0.1, -0.05) is 0 Å². The van der Waals surface area contributed by atoms with E-state index in [0.29, 0.717) is 18.6 Å². The average Bonchev–Trinajstić information content (AvgIpc) is 2.74. The number of aliphatic hydroxyl groups is 1. The standard InChI is InChI=1S/C10H14FN5O2/c11-3-6(4-17)1-2-16-5-13-7-8(16)14-10(12)15-9(7)18/h5-6,17H,1-4H2,(H3,12,14,15,18)/i11+0. The molecule has 0 spiro atoms. The predicted molar refractivity (Wildman–Crippen MR) is 63.7 cm³/mol. The molecule has 18 heavy (non-hydrogen) atoms. The molecule has 4 N–H and O–H groups in total. The number of aryl methyl sites for hydroxylation is 1. The maximum absolute atomic E-state index is 12.5. The monoisotopic (exact) mass is 255 g/mol. The number of nitrogens with two attached hydrogens (primary N) is 1. The van der Waals surface area contributed by atoms with Gasteiger partial charge in [-0.15, -0.1) is 0 Å². The van der Waals surface area contributed by atoms with E-state index in [2.05, 4.69) is 15.0 Å². The zero-order valence-corrected chi connectivity index (χ0v) is 9.64. The number of halogens is 1. The number of aliphatic hydroxyl groups excluding tert-OH is 1. The van der Waals surface area contributed by atoms with Crippen molar-refractivity contribution < 1.29 is 9.50 Å². The van der Waals surface area contributed by atoms with Gasteiger partial charge in [0.05, 0.1) is 13.0 Å². The minimum Gasteiger partial charge on any atom is -0.396 e. The average molecular weight is 255 g/mol. The third kappa shape index (κ3) is 2.33. The second kappa shape index (κ2) is 5.13. The summed E-state index contributed by atoms with van der Waals surface area (Å²) in [7, 11) is 0. The number of alkyl halides is 1. The lowest BCUT2D eigenvalue weighted by Gasteiger charge is -2.10. The van der Waals surface area contributed by atoms with E-state index in [0.717, 1.165) is 0 Å². The van der Waals surface area contributed by atoms with Crippen molar-refractivity contribution in [1.29, 1.82) is 0 Å². The molecular formula is C10H14FN5O2. The molecular weight excluding hydrogens is 241 g/mol. The number of fused-ring (bicyclic) bond motifs is 1. The van der Waals surface area contributed by atoms with Gasteiger partial charge in [-0.05, 0) is 6.42 Å². The van der Waals surface area contributed by atoms with Gasteiger partial charge in [-0.25, -0.2) is 4.98 Å². The number of nitrogens with one attached hydrogen (secondary N) is 1. The summed E-state index contributed by atoms with van der Waals surface area (Å²) in [5.74, 6) is -0.403. The number of anilines is 1. The molecule has 2 aromatic heterocycles. The number of aromatic nitrogens is 4. The zero-order valence-electron chi connectivity index (χ0n) is 9.64. The van der Waals surface area contributed by atoms with Gasteiger partial charge in [-0.2, -0.15) is 4.98 Å². The first kappa shape index (κ1) is 12.5. The van der Waals surface area contributed by atoms with Crippen molar-refractivity contribution in [2.75, 3.05) is 19.0 Å². The van der Waals surface area contributed by atoms with Crippen molar-refractivity contribution in [1.82, 2.24) is 19.5 Å². The number of nitrogen functional groups attached to an aromatic ring is 1. The highest BCUT2D eigenvalue weighted by Crippen LogP contribution is 2.10. The molecule has 0 aromatic carbocycles. The van der Waals surface area contributed by atoms with Crippen LogP contribution in [-0.4, -0.2) is 37.9 Å². The molecule has 0 saturated carbocycles. The molecule has 8 heteroatoms. The Balaban J connectivity index is 2.27. The first-order chi connectivity index (χ1) is 8.65. The van der Waals surface area contributed by atoms with Gasteiger partial charge in [0.1, 0.15) is 0 Å². The van der Waals surface area contributed by atoms with Crippen LogP contribution in [0.4, 0.5) is 10.3 Å². The molecule has 0 aliphatic rings. The van der Waals surface area contributed by atoms with Gasteiger partial charge >= 0.3 is 0 Å². The Morgan fingerprint density at radius 3 is 3.06 bits per heavy atom. The lowest BCUT2D eigenvalue weighted by molar-refractivity contribution is 0.185. The fourth-order valence-electron chi connectivity index (χ4n) is 1.67. The molecule has 98 valence electrons. The lowest BCUT2D eigenvalue weighted by atomic mass is 10.1. The van der Waals surface area contributed by atoms with Crippen LogP contribution in [0.3, 0.4) is 0 Å². The molecule has 2 aromatic rings. The third-order valence-corrected chi connectivity index (χ3v) is 2.75. The van der Waals surface area contributed by atoms with Crippen molar-refractivity contribution in [3.63, 3.8) is 0 Å². The van der Waals surface area contributed by atoms with E-state index in [1.165, 1.54) is 6.33 Å². The van der Waals surface area contributed by atoms with E-state index >= 15 is 0 Å². The van der Waals surface area contributed by atoms with Crippen LogP contribution in [0.25, 0.3) is 11.2 Å². The van der Waals surface area contributed by atoms with E-state index in [4.69, 9.17) is 10.8 Å². The summed E-state index contributed by atoms with van der Waals surface area (Å²) in [6.45, 7) is -0.375. The van der Waals surface area contributed by atoms with Crippen molar-refractivity contribution in [3.8, 4) is 0 Å². The highest BCUT2D eigenvalue weighted by Gasteiger charge is 2.11. The number of rotatable bonds is 5. The fourth-order valence-corrected chi connectivity index (χ4v) is 1.67. The van der Waals surface area contributed by atoms with E-state index in [9.17, 15) is 9.18 Å². The molecule has 0 fully saturated rings. The van der Waals surface area contributed by atoms with Crippen molar-refractivity contribution >= 4 is 17.1 Å². The summed E-state index contributed by atoms with van der Waals surface area (Å²) in [6, 6.07) is 0. The molecule has 7 nitrogen and oxygen atoms in total. The van der Waals surface area contributed by atoms with E-state index in [1.54, 1.807) is 4.57 Å². The Morgan fingerprint density at radius 1 is 1.61 bits per heavy atom. The largest absolute Gasteiger partial charge is 0.396 e. The Hall–Kier alpha value is -1.96. The lowest BCUT2D eigenvalue weighted by Crippen LogP contribution is -2.14. The minimum absolute atomic E-state index is 0.0125. The number of hydrogen-bond acceptors (Lipinski definition) is 5. The second-order valence-electron chi connectivity index (χ2n) is 4.05. The molecule has 0 radical (unpaired) electrons. The normalized spacial score (nSPS) is 13.0. The zero-order chi connectivity index (χ0) is 13.1. The molecule has 0 amide bonds. The van der Waals surface area contributed by atoms with Crippen LogP contribution in [0.15, 0.2) is 11.1 Å². The van der Waals surface area contributed by atoms with Gasteiger partial charge in [0.2, 0.25) is 5.95 Å². The van der Waals surface area contributed by atoms with Crippen LogP contribution in [0.1, 0.15) is 6.42 Å². The summed E-state index contributed by atoms with van der Waals surface area (Å²) < 4.78 is 14.1. The Labute approximate surface area is 101 Å². The van der Waals surface area contributed by atoms with Gasteiger partial charge in [0, 0.05) is 19.1 Å². The molecule has 0 saturated heterocycles. The van der Waals surface area contributed by atoms with Gasteiger partial charge in [0.25, 0.3) is 5.56 Å². The highest BCUT2D eigenvalue weighted by molar-refractivity contribution is 5.70. The first-order valence-electron chi connectivity index (χ1n) is 5.53. The highest BCUT2D eigenvalue weighted by atomic mass is 19.1. The number of nitrogens with zero attached hydrogens (tertiary/aromatic N) is 3. The molecule has 0 bridgehead atoms. The third-order valence-electron chi connectivity index (χ3n) is 2.75. The number of H-pyrrole nitrogens is 1. The van der Waals surface area contributed by atoms with Crippen molar-refractivity contribution in [2.45, 2.75) is 13.0 Å². The number of imidazole rings is 1.